The Morgan fingerprint density at radius 3 is 2.79 bits per heavy atom. The average Bonchev–Trinajstić information content (AvgIpc) is 3.07. The molecule has 0 bridgehead atoms. The summed E-state index contributed by atoms with van der Waals surface area (Å²) in [4.78, 5) is 12.2. The van der Waals surface area contributed by atoms with E-state index in [-0.39, 0.29) is 12.7 Å². The van der Waals surface area contributed by atoms with Crippen molar-refractivity contribution in [1.82, 2.24) is 5.32 Å². The van der Waals surface area contributed by atoms with E-state index in [2.05, 4.69) is 5.32 Å². The molecule has 6 nitrogen and oxygen atoms in total. The van der Waals surface area contributed by atoms with Gasteiger partial charge >= 0.3 is 0 Å². The molecule has 2 aromatic rings. The van der Waals surface area contributed by atoms with Gasteiger partial charge in [-0.2, -0.15) is 0 Å². The van der Waals surface area contributed by atoms with Gasteiger partial charge in [-0.05, 0) is 36.8 Å². The van der Waals surface area contributed by atoms with Gasteiger partial charge in [0.2, 0.25) is 6.79 Å². The van der Waals surface area contributed by atoms with Gasteiger partial charge < -0.3 is 24.3 Å². The van der Waals surface area contributed by atoms with Crippen molar-refractivity contribution < 1.29 is 23.7 Å². The second-order valence-electron chi connectivity index (χ2n) is 5.34. The maximum Gasteiger partial charge on any atom is 0.261 e. The van der Waals surface area contributed by atoms with Crippen molar-refractivity contribution in [2.75, 3.05) is 13.9 Å². The number of hydrogen-bond acceptors (Lipinski definition) is 5. The number of carbonyl (C=O) groups is 1. The van der Waals surface area contributed by atoms with E-state index in [9.17, 15) is 4.79 Å². The van der Waals surface area contributed by atoms with E-state index in [0.29, 0.717) is 23.8 Å². The lowest BCUT2D eigenvalue weighted by molar-refractivity contribution is -0.127. The Kier molecular flexibility index (Phi) is 4.74. The largest absolute Gasteiger partial charge is 0.497 e. The van der Waals surface area contributed by atoms with Gasteiger partial charge in [0.05, 0.1) is 7.11 Å². The lowest BCUT2D eigenvalue weighted by Gasteiger charge is -2.15. The fourth-order valence-electron chi connectivity index (χ4n) is 2.32. The van der Waals surface area contributed by atoms with Crippen LogP contribution in [0.25, 0.3) is 0 Å². The van der Waals surface area contributed by atoms with Crippen LogP contribution < -0.4 is 24.3 Å². The first-order valence-electron chi connectivity index (χ1n) is 7.62. The summed E-state index contributed by atoms with van der Waals surface area (Å²) in [6.45, 7) is 2.33. The molecule has 0 unspecified atom stereocenters. The molecule has 0 radical (unpaired) electrons. The van der Waals surface area contributed by atoms with Gasteiger partial charge in [0.1, 0.15) is 11.5 Å². The number of methoxy groups -OCH3 is 1. The van der Waals surface area contributed by atoms with E-state index in [1.165, 1.54) is 0 Å². The minimum atomic E-state index is -0.619. The first kappa shape index (κ1) is 16.0. The van der Waals surface area contributed by atoms with Gasteiger partial charge in [-0.3, -0.25) is 4.79 Å². The molecule has 1 atom stereocenters. The van der Waals surface area contributed by atoms with Crippen LogP contribution in [-0.2, 0) is 11.3 Å². The highest BCUT2D eigenvalue weighted by Gasteiger charge is 2.16. The van der Waals surface area contributed by atoms with E-state index in [4.69, 9.17) is 18.9 Å². The topological polar surface area (TPSA) is 66.0 Å². The first-order valence-corrected chi connectivity index (χ1v) is 7.62. The monoisotopic (exact) mass is 329 g/mol. The normalized spacial score (nSPS) is 13.2. The van der Waals surface area contributed by atoms with E-state index in [1.54, 1.807) is 26.2 Å². The Morgan fingerprint density at radius 1 is 1.17 bits per heavy atom. The van der Waals surface area contributed by atoms with Gasteiger partial charge in [0.15, 0.2) is 17.6 Å². The van der Waals surface area contributed by atoms with Crippen molar-refractivity contribution in [2.24, 2.45) is 0 Å². The zero-order valence-corrected chi connectivity index (χ0v) is 13.6. The molecule has 2 aromatic carbocycles. The fourth-order valence-corrected chi connectivity index (χ4v) is 2.32. The SMILES string of the molecule is COc1cccc(O[C@@H](C)C(=O)NCc2ccc3c(c2)OCO3)c1. The Balaban J connectivity index is 1.54. The Bertz CT molecular complexity index is 731. The fraction of sp³-hybridized carbons (Fsp3) is 0.278. The molecular weight excluding hydrogens is 310 g/mol. The number of benzene rings is 2. The molecule has 0 aromatic heterocycles. The predicted octanol–water partition coefficient (Wildman–Crippen LogP) is 2.51. The molecule has 126 valence electrons. The second kappa shape index (κ2) is 7.12. The number of fused-ring (bicyclic) bond motifs is 1. The highest BCUT2D eigenvalue weighted by molar-refractivity contribution is 5.80. The standard InChI is InChI=1S/C18H19NO5/c1-12(24-15-5-3-4-14(9-15)21-2)18(20)19-10-13-6-7-16-17(8-13)23-11-22-16/h3-9,12H,10-11H2,1-2H3,(H,19,20)/t12-/m0/s1. The zero-order chi connectivity index (χ0) is 16.9. The molecule has 0 saturated carbocycles. The van der Waals surface area contributed by atoms with Crippen LogP contribution in [0.1, 0.15) is 12.5 Å². The van der Waals surface area contributed by atoms with Crippen LogP contribution >= 0.6 is 0 Å². The smallest absolute Gasteiger partial charge is 0.261 e. The van der Waals surface area contributed by atoms with Crippen molar-refractivity contribution in [1.29, 1.82) is 0 Å². The van der Waals surface area contributed by atoms with Gasteiger partial charge in [-0.15, -0.1) is 0 Å². The minimum Gasteiger partial charge on any atom is -0.497 e. The quantitative estimate of drug-likeness (QED) is 0.882. The van der Waals surface area contributed by atoms with Crippen molar-refractivity contribution in [3.63, 3.8) is 0 Å². The zero-order valence-electron chi connectivity index (χ0n) is 13.6. The molecular formula is C18H19NO5. The van der Waals surface area contributed by atoms with Crippen molar-refractivity contribution >= 4 is 5.91 Å². The molecule has 0 saturated heterocycles. The maximum atomic E-state index is 12.2. The van der Waals surface area contributed by atoms with Gasteiger partial charge in [-0.25, -0.2) is 0 Å². The number of hydrogen-bond donors (Lipinski definition) is 1. The molecule has 1 amide bonds. The van der Waals surface area contributed by atoms with E-state index in [1.807, 2.05) is 30.3 Å². The molecule has 0 fully saturated rings. The van der Waals surface area contributed by atoms with Gasteiger partial charge in [0, 0.05) is 12.6 Å². The van der Waals surface area contributed by atoms with E-state index in [0.717, 1.165) is 11.3 Å². The van der Waals surface area contributed by atoms with E-state index < -0.39 is 6.10 Å². The summed E-state index contributed by atoms with van der Waals surface area (Å²) in [5.74, 6) is 2.48. The average molecular weight is 329 g/mol. The molecule has 6 heteroatoms. The van der Waals surface area contributed by atoms with Crippen LogP contribution in [-0.4, -0.2) is 25.9 Å². The Labute approximate surface area is 140 Å². The Morgan fingerprint density at radius 2 is 1.96 bits per heavy atom. The number of ether oxygens (including phenoxy) is 4. The predicted molar refractivity (Wildman–Crippen MR) is 87.5 cm³/mol. The third-order valence-corrected chi connectivity index (χ3v) is 3.63. The summed E-state index contributed by atoms with van der Waals surface area (Å²) in [7, 11) is 1.58. The third-order valence-electron chi connectivity index (χ3n) is 3.63. The number of carbonyl (C=O) groups excluding carboxylic acids is 1. The summed E-state index contributed by atoms with van der Waals surface area (Å²) < 4.78 is 21.4. The van der Waals surface area contributed by atoms with Crippen LogP contribution in [0, 0.1) is 0 Å². The summed E-state index contributed by atoms with van der Waals surface area (Å²) in [6.07, 6.45) is -0.619. The molecule has 0 spiro atoms. The second-order valence-corrected chi connectivity index (χ2v) is 5.34. The lowest BCUT2D eigenvalue weighted by Crippen LogP contribution is -2.35. The third kappa shape index (κ3) is 3.71. The minimum absolute atomic E-state index is 0.199. The van der Waals surface area contributed by atoms with Crippen LogP contribution in [0.5, 0.6) is 23.0 Å². The van der Waals surface area contributed by atoms with Crippen molar-refractivity contribution in [3.8, 4) is 23.0 Å². The van der Waals surface area contributed by atoms with Gasteiger partial charge in [0.25, 0.3) is 5.91 Å². The van der Waals surface area contributed by atoms with Crippen LogP contribution in [0.15, 0.2) is 42.5 Å². The highest BCUT2D eigenvalue weighted by Crippen LogP contribution is 2.32. The Hall–Kier alpha value is -2.89. The van der Waals surface area contributed by atoms with Crippen molar-refractivity contribution in [3.05, 3.63) is 48.0 Å². The van der Waals surface area contributed by atoms with E-state index >= 15 is 0 Å². The number of nitrogens with one attached hydrogen (secondary N) is 1. The highest BCUT2D eigenvalue weighted by atomic mass is 16.7. The maximum absolute atomic E-state index is 12.2. The number of rotatable bonds is 6. The molecule has 1 N–H and O–H groups in total. The van der Waals surface area contributed by atoms with Crippen LogP contribution in [0.2, 0.25) is 0 Å². The molecule has 1 aliphatic rings. The molecule has 24 heavy (non-hydrogen) atoms. The summed E-state index contributed by atoms with van der Waals surface area (Å²) in [6, 6.07) is 12.7. The molecule has 1 aliphatic heterocycles. The molecule has 0 aliphatic carbocycles. The van der Waals surface area contributed by atoms with Crippen molar-refractivity contribution in [2.45, 2.75) is 19.6 Å². The molecule has 1 heterocycles. The van der Waals surface area contributed by atoms with Gasteiger partial charge in [-0.1, -0.05) is 12.1 Å². The lowest BCUT2D eigenvalue weighted by atomic mass is 10.2. The number of amides is 1. The first-order chi connectivity index (χ1) is 11.7. The van der Waals surface area contributed by atoms with Crippen LogP contribution in [0.4, 0.5) is 0 Å². The molecule has 3 rings (SSSR count). The van der Waals surface area contributed by atoms with Crippen LogP contribution in [0.3, 0.4) is 0 Å². The summed E-state index contributed by atoms with van der Waals surface area (Å²) in [5.41, 5.74) is 0.932. The summed E-state index contributed by atoms with van der Waals surface area (Å²) in [5, 5.41) is 2.85. The summed E-state index contributed by atoms with van der Waals surface area (Å²) >= 11 is 0.